The van der Waals surface area contributed by atoms with Crippen LogP contribution in [0.3, 0.4) is 0 Å². The molecule has 2 saturated carbocycles. The number of carbonyl (C=O) groups excluding carboxylic acids is 1. The fourth-order valence-corrected chi connectivity index (χ4v) is 3.03. The van der Waals surface area contributed by atoms with Crippen LogP contribution in [-0.4, -0.2) is 37.5 Å². The van der Waals surface area contributed by atoms with Gasteiger partial charge in [-0.25, -0.2) is 0 Å². The maximum atomic E-state index is 11.6. The van der Waals surface area contributed by atoms with Crippen molar-refractivity contribution in [3.8, 4) is 0 Å². The third-order valence-electron chi connectivity index (χ3n) is 4.67. The van der Waals surface area contributed by atoms with Crippen molar-refractivity contribution in [2.75, 3.05) is 19.6 Å². The molecule has 3 N–H and O–H groups in total. The van der Waals surface area contributed by atoms with E-state index in [2.05, 4.69) is 59.1 Å². The number of halogens is 1. The van der Waals surface area contributed by atoms with Crippen LogP contribution >= 0.6 is 24.0 Å². The molecule has 3 rings (SSSR count). The molecule has 138 valence electrons. The summed E-state index contributed by atoms with van der Waals surface area (Å²) in [5, 5.41) is 9.76. The van der Waals surface area contributed by atoms with Gasteiger partial charge in [0.2, 0.25) is 5.91 Å². The van der Waals surface area contributed by atoms with E-state index in [1.807, 2.05) is 0 Å². The maximum Gasteiger partial charge on any atom is 0.223 e. The molecule has 0 heterocycles. The van der Waals surface area contributed by atoms with Crippen molar-refractivity contribution >= 4 is 35.8 Å². The number of amides is 1. The standard InChI is InChI=1S/C19H28N4O.HI/c1-3-20-19(22-11-10-21-18(24)14-8-9-14)23-17-12-16(17)15-7-5-4-6-13(15)2;/h4-7,14,16-17H,3,8-12H2,1-2H3,(H,21,24)(H2,20,22,23);1H. The van der Waals surface area contributed by atoms with Gasteiger partial charge in [0.15, 0.2) is 5.96 Å². The lowest BCUT2D eigenvalue weighted by molar-refractivity contribution is -0.122. The highest BCUT2D eigenvalue weighted by Gasteiger charge is 2.39. The predicted octanol–water partition coefficient (Wildman–Crippen LogP) is 2.55. The minimum atomic E-state index is 0. The van der Waals surface area contributed by atoms with Crippen LogP contribution in [-0.2, 0) is 4.79 Å². The lowest BCUT2D eigenvalue weighted by Gasteiger charge is -2.12. The molecule has 5 nitrogen and oxygen atoms in total. The normalized spacial score (nSPS) is 21.9. The summed E-state index contributed by atoms with van der Waals surface area (Å²) in [6.07, 6.45) is 3.23. The molecule has 1 aromatic rings. The topological polar surface area (TPSA) is 65.5 Å². The second-order valence-corrected chi connectivity index (χ2v) is 6.78. The van der Waals surface area contributed by atoms with Gasteiger partial charge >= 0.3 is 0 Å². The minimum absolute atomic E-state index is 0. The van der Waals surface area contributed by atoms with E-state index in [0.717, 1.165) is 31.8 Å². The van der Waals surface area contributed by atoms with Crippen molar-refractivity contribution in [2.45, 2.75) is 45.1 Å². The quantitative estimate of drug-likeness (QED) is 0.256. The summed E-state index contributed by atoms with van der Waals surface area (Å²) in [4.78, 5) is 16.2. The third kappa shape index (κ3) is 5.87. The van der Waals surface area contributed by atoms with Gasteiger partial charge in [0, 0.05) is 31.0 Å². The largest absolute Gasteiger partial charge is 0.357 e. The van der Waals surface area contributed by atoms with Gasteiger partial charge in [0.1, 0.15) is 0 Å². The zero-order chi connectivity index (χ0) is 16.9. The molecule has 2 unspecified atom stereocenters. The molecule has 25 heavy (non-hydrogen) atoms. The SMILES string of the molecule is CCNC(=NCCNC(=O)C1CC1)NC1CC1c1ccccc1C.I. The first kappa shape index (κ1) is 20.0. The number of carbonyl (C=O) groups is 1. The van der Waals surface area contributed by atoms with E-state index < -0.39 is 0 Å². The molecular formula is C19H29IN4O. The molecule has 1 amide bonds. The molecule has 2 aliphatic rings. The van der Waals surface area contributed by atoms with Crippen molar-refractivity contribution in [1.29, 1.82) is 0 Å². The Morgan fingerprint density at radius 2 is 2.00 bits per heavy atom. The highest BCUT2D eigenvalue weighted by Crippen LogP contribution is 2.41. The van der Waals surface area contributed by atoms with Crippen molar-refractivity contribution < 1.29 is 4.79 Å². The molecule has 2 fully saturated rings. The number of benzene rings is 1. The van der Waals surface area contributed by atoms with E-state index in [9.17, 15) is 4.79 Å². The molecular weight excluding hydrogens is 427 g/mol. The van der Waals surface area contributed by atoms with Gasteiger partial charge in [0.05, 0.1) is 6.54 Å². The number of hydrogen-bond acceptors (Lipinski definition) is 2. The van der Waals surface area contributed by atoms with Gasteiger partial charge in [-0.1, -0.05) is 24.3 Å². The van der Waals surface area contributed by atoms with Gasteiger partial charge < -0.3 is 16.0 Å². The Balaban J connectivity index is 0.00000225. The van der Waals surface area contributed by atoms with E-state index in [1.165, 1.54) is 11.1 Å². The molecule has 0 bridgehead atoms. The van der Waals surface area contributed by atoms with Crippen molar-refractivity contribution in [2.24, 2.45) is 10.9 Å². The maximum absolute atomic E-state index is 11.6. The Labute approximate surface area is 167 Å². The van der Waals surface area contributed by atoms with E-state index in [-0.39, 0.29) is 35.8 Å². The smallest absolute Gasteiger partial charge is 0.223 e. The molecule has 2 atom stereocenters. The fraction of sp³-hybridized carbons (Fsp3) is 0.579. The fourth-order valence-electron chi connectivity index (χ4n) is 3.03. The summed E-state index contributed by atoms with van der Waals surface area (Å²) in [7, 11) is 0. The molecule has 2 aliphatic carbocycles. The van der Waals surface area contributed by atoms with Gasteiger partial charge in [0.25, 0.3) is 0 Å². The van der Waals surface area contributed by atoms with Crippen molar-refractivity contribution in [1.82, 2.24) is 16.0 Å². The Bertz CT molecular complexity index is 615. The molecule has 0 aromatic heterocycles. The summed E-state index contributed by atoms with van der Waals surface area (Å²) >= 11 is 0. The van der Waals surface area contributed by atoms with Crippen molar-refractivity contribution in [3.63, 3.8) is 0 Å². The number of nitrogens with one attached hydrogen (secondary N) is 3. The van der Waals surface area contributed by atoms with E-state index in [0.29, 0.717) is 25.0 Å². The lowest BCUT2D eigenvalue weighted by Crippen LogP contribution is -2.39. The highest BCUT2D eigenvalue weighted by molar-refractivity contribution is 14.0. The van der Waals surface area contributed by atoms with Crippen molar-refractivity contribution in [3.05, 3.63) is 35.4 Å². The second-order valence-electron chi connectivity index (χ2n) is 6.78. The third-order valence-corrected chi connectivity index (χ3v) is 4.67. The Morgan fingerprint density at radius 1 is 1.24 bits per heavy atom. The summed E-state index contributed by atoms with van der Waals surface area (Å²) in [6, 6.07) is 9.04. The van der Waals surface area contributed by atoms with Crippen LogP contribution in [0.25, 0.3) is 0 Å². The second kappa shape index (κ2) is 9.40. The van der Waals surface area contributed by atoms with Gasteiger partial charge in [-0.3, -0.25) is 9.79 Å². The molecule has 0 radical (unpaired) electrons. The molecule has 0 spiro atoms. The molecule has 1 aromatic carbocycles. The van der Waals surface area contributed by atoms with Crippen LogP contribution in [0.1, 0.15) is 43.2 Å². The Hall–Kier alpha value is -1.31. The zero-order valence-corrected chi connectivity index (χ0v) is 17.4. The van der Waals surface area contributed by atoms with Crippen LogP contribution in [0, 0.1) is 12.8 Å². The van der Waals surface area contributed by atoms with Gasteiger partial charge in [-0.2, -0.15) is 0 Å². The van der Waals surface area contributed by atoms with Crippen LogP contribution < -0.4 is 16.0 Å². The average Bonchev–Trinajstić information content (AvgIpc) is 3.46. The first-order valence-corrected chi connectivity index (χ1v) is 9.07. The summed E-state index contributed by atoms with van der Waals surface area (Å²) in [5.74, 6) is 1.87. The molecule has 6 heteroatoms. The summed E-state index contributed by atoms with van der Waals surface area (Å²) in [6.45, 7) is 6.29. The number of guanidine groups is 1. The van der Waals surface area contributed by atoms with Gasteiger partial charge in [-0.15, -0.1) is 24.0 Å². The van der Waals surface area contributed by atoms with E-state index in [1.54, 1.807) is 0 Å². The van der Waals surface area contributed by atoms with Crippen LogP contribution in [0.4, 0.5) is 0 Å². The molecule has 0 saturated heterocycles. The van der Waals surface area contributed by atoms with Gasteiger partial charge in [-0.05, 0) is 44.2 Å². The summed E-state index contributed by atoms with van der Waals surface area (Å²) < 4.78 is 0. The Kier molecular flexibility index (Phi) is 7.53. The number of rotatable bonds is 7. The number of aryl methyl sites for hydroxylation is 1. The van der Waals surface area contributed by atoms with Crippen LogP contribution in [0.2, 0.25) is 0 Å². The minimum Gasteiger partial charge on any atom is -0.357 e. The zero-order valence-electron chi connectivity index (χ0n) is 15.0. The lowest BCUT2D eigenvalue weighted by atomic mass is 10.0. The van der Waals surface area contributed by atoms with Crippen LogP contribution in [0.15, 0.2) is 29.3 Å². The Morgan fingerprint density at radius 3 is 2.68 bits per heavy atom. The monoisotopic (exact) mass is 456 g/mol. The number of aliphatic imine (C=N–C) groups is 1. The van der Waals surface area contributed by atoms with E-state index >= 15 is 0 Å². The number of hydrogen-bond donors (Lipinski definition) is 3. The average molecular weight is 456 g/mol. The van der Waals surface area contributed by atoms with Crippen LogP contribution in [0.5, 0.6) is 0 Å². The number of nitrogens with zero attached hydrogens (tertiary/aromatic N) is 1. The van der Waals surface area contributed by atoms with E-state index in [4.69, 9.17) is 0 Å². The predicted molar refractivity (Wildman–Crippen MR) is 113 cm³/mol. The first-order chi connectivity index (χ1) is 11.7. The molecule has 0 aliphatic heterocycles. The highest BCUT2D eigenvalue weighted by atomic mass is 127. The summed E-state index contributed by atoms with van der Waals surface area (Å²) in [5.41, 5.74) is 2.79. The first-order valence-electron chi connectivity index (χ1n) is 9.07.